The van der Waals surface area contributed by atoms with E-state index in [0.29, 0.717) is 28.8 Å². The molecule has 2 N–H and O–H groups in total. The van der Waals surface area contributed by atoms with Crippen LogP contribution in [0.4, 0.5) is 10.5 Å². The molecule has 1 aliphatic heterocycles. The molecule has 0 spiro atoms. The van der Waals surface area contributed by atoms with Gasteiger partial charge < -0.3 is 15.3 Å². The van der Waals surface area contributed by atoms with Gasteiger partial charge in [0.1, 0.15) is 0 Å². The highest BCUT2D eigenvalue weighted by molar-refractivity contribution is 6.42. The Morgan fingerprint density at radius 1 is 1.44 bits per heavy atom. The summed E-state index contributed by atoms with van der Waals surface area (Å²) in [4.78, 5) is 13.6. The first kappa shape index (κ1) is 13.5. The largest absolute Gasteiger partial charge is 0.396 e. The molecule has 0 saturated carbocycles. The standard InChI is InChI=1S/C12H14Cl2N2O2/c13-10-2-1-9(5-11(10)14)15-12(18)16-4-3-8(6-16)7-17/h1-2,5,8,17H,3-4,6-7H2,(H,15,18). The molecule has 0 bridgehead atoms. The highest BCUT2D eigenvalue weighted by atomic mass is 35.5. The molecule has 1 aliphatic rings. The fourth-order valence-corrected chi connectivity index (χ4v) is 2.24. The van der Waals surface area contributed by atoms with Crippen molar-refractivity contribution in [2.75, 3.05) is 25.0 Å². The zero-order chi connectivity index (χ0) is 13.1. The second-order valence-corrected chi connectivity index (χ2v) is 5.16. The summed E-state index contributed by atoms with van der Waals surface area (Å²) in [6, 6.07) is 4.77. The smallest absolute Gasteiger partial charge is 0.321 e. The van der Waals surface area contributed by atoms with Crippen molar-refractivity contribution >= 4 is 34.9 Å². The minimum absolute atomic E-state index is 0.122. The Bertz CT molecular complexity index is 454. The van der Waals surface area contributed by atoms with Crippen molar-refractivity contribution < 1.29 is 9.90 Å². The van der Waals surface area contributed by atoms with Gasteiger partial charge in [0, 0.05) is 31.3 Å². The molecule has 1 aromatic carbocycles. The van der Waals surface area contributed by atoms with Gasteiger partial charge >= 0.3 is 6.03 Å². The molecule has 4 nitrogen and oxygen atoms in total. The van der Waals surface area contributed by atoms with E-state index < -0.39 is 0 Å². The lowest BCUT2D eigenvalue weighted by Crippen LogP contribution is -2.33. The maximum atomic E-state index is 11.9. The topological polar surface area (TPSA) is 52.6 Å². The zero-order valence-electron chi connectivity index (χ0n) is 9.70. The van der Waals surface area contributed by atoms with Crippen molar-refractivity contribution in [1.29, 1.82) is 0 Å². The van der Waals surface area contributed by atoms with E-state index in [9.17, 15) is 4.79 Å². The third kappa shape index (κ3) is 3.07. The lowest BCUT2D eigenvalue weighted by Gasteiger charge is -2.17. The highest BCUT2D eigenvalue weighted by Crippen LogP contribution is 2.25. The van der Waals surface area contributed by atoms with Gasteiger partial charge in [0.25, 0.3) is 0 Å². The van der Waals surface area contributed by atoms with Crippen molar-refractivity contribution in [3.63, 3.8) is 0 Å². The molecule has 2 amide bonds. The van der Waals surface area contributed by atoms with Crippen LogP contribution in [0.1, 0.15) is 6.42 Å². The fraction of sp³-hybridized carbons (Fsp3) is 0.417. The first-order chi connectivity index (χ1) is 8.60. The van der Waals surface area contributed by atoms with Gasteiger partial charge in [-0.3, -0.25) is 0 Å². The summed E-state index contributed by atoms with van der Waals surface area (Å²) in [5, 5.41) is 12.7. The van der Waals surface area contributed by atoms with Crippen LogP contribution < -0.4 is 5.32 Å². The summed E-state index contributed by atoms with van der Waals surface area (Å²) in [7, 11) is 0. The molecular formula is C12H14Cl2N2O2. The van der Waals surface area contributed by atoms with E-state index in [1.165, 1.54) is 0 Å². The number of amides is 2. The van der Waals surface area contributed by atoms with Gasteiger partial charge in [-0.1, -0.05) is 23.2 Å². The van der Waals surface area contributed by atoms with Crippen LogP contribution in [0.3, 0.4) is 0 Å². The number of urea groups is 1. The molecule has 98 valence electrons. The van der Waals surface area contributed by atoms with Gasteiger partial charge in [0.15, 0.2) is 0 Å². The minimum Gasteiger partial charge on any atom is -0.396 e. The summed E-state index contributed by atoms with van der Waals surface area (Å²) in [6.07, 6.45) is 0.839. The number of rotatable bonds is 2. The molecular weight excluding hydrogens is 275 g/mol. The van der Waals surface area contributed by atoms with E-state index in [4.69, 9.17) is 28.3 Å². The van der Waals surface area contributed by atoms with Gasteiger partial charge in [0.2, 0.25) is 0 Å². The third-order valence-electron chi connectivity index (χ3n) is 3.00. The Balaban J connectivity index is 1.97. The molecule has 6 heteroatoms. The van der Waals surface area contributed by atoms with E-state index in [2.05, 4.69) is 5.32 Å². The van der Waals surface area contributed by atoms with Crippen molar-refractivity contribution in [2.45, 2.75) is 6.42 Å². The van der Waals surface area contributed by atoms with Crippen LogP contribution in [0.5, 0.6) is 0 Å². The van der Waals surface area contributed by atoms with Crippen molar-refractivity contribution in [1.82, 2.24) is 4.90 Å². The number of hydrogen-bond donors (Lipinski definition) is 2. The van der Waals surface area contributed by atoms with Gasteiger partial charge in [-0.05, 0) is 24.6 Å². The number of aliphatic hydroxyl groups is 1. The van der Waals surface area contributed by atoms with Gasteiger partial charge in [-0.25, -0.2) is 4.79 Å². The Morgan fingerprint density at radius 3 is 2.83 bits per heavy atom. The van der Waals surface area contributed by atoms with Crippen molar-refractivity contribution in [3.05, 3.63) is 28.2 Å². The van der Waals surface area contributed by atoms with Crippen LogP contribution in [-0.2, 0) is 0 Å². The Hall–Kier alpha value is -0.970. The molecule has 1 unspecified atom stereocenters. The first-order valence-electron chi connectivity index (χ1n) is 5.72. The monoisotopic (exact) mass is 288 g/mol. The van der Waals surface area contributed by atoms with Gasteiger partial charge in [0.05, 0.1) is 10.0 Å². The molecule has 1 fully saturated rings. The van der Waals surface area contributed by atoms with Crippen molar-refractivity contribution in [3.8, 4) is 0 Å². The minimum atomic E-state index is -0.177. The molecule has 0 aromatic heterocycles. The number of anilines is 1. The molecule has 1 aromatic rings. The number of carbonyl (C=O) groups excluding carboxylic acids is 1. The molecule has 0 aliphatic carbocycles. The van der Waals surface area contributed by atoms with E-state index >= 15 is 0 Å². The molecule has 1 atom stereocenters. The maximum Gasteiger partial charge on any atom is 0.321 e. The number of nitrogens with zero attached hydrogens (tertiary/aromatic N) is 1. The molecule has 2 rings (SSSR count). The van der Waals surface area contributed by atoms with E-state index in [0.717, 1.165) is 6.42 Å². The number of nitrogens with one attached hydrogen (secondary N) is 1. The number of benzene rings is 1. The van der Waals surface area contributed by atoms with E-state index in [1.807, 2.05) is 0 Å². The maximum absolute atomic E-state index is 11.9. The molecule has 0 radical (unpaired) electrons. The van der Waals surface area contributed by atoms with Gasteiger partial charge in [-0.2, -0.15) is 0 Å². The van der Waals surface area contributed by atoms with Crippen LogP contribution in [0.2, 0.25) is 10.0 Å². The Labute approximate surface area is 115 Å². The Morgan fingerprint density at radius 2 is 2.22 bits per heavy atom. The second kappa shape index (κ2) is 5.78. The number of hydrogen-bond acceptors (Lipinski definition) is 2. The predicted molar refractivity (Wildman–Crippen MR) is 72.2 cm³/mol. The zero-order valence-corrected chi connectivity index (χ0v) is 11.2. The van der Waals surface area contributed by atoms with Crippen LogP contribution in [0.15, 0.2) is 18.2 Å². The summed E-state index contributed by atoms with van der Waals surface area (Å²) >= 11 is 11.7. The summed E-state index contributed by atoms with van der Waals surface area (Å²) in [6.45, 7) is 1.37. The van der Waals surface area contributed by atoms with E-state index in [1.54, 1.807) is 23.1 Å². The third-order valence-corrected chi connectivity index (χ3v) is 3.74. The number of halogens is 2. The molecule has 1 saturated heterocycles. The average molecular weight is 289 g/mol. The number of aliphatic hydroxyl groups excluding tert-OH is 1. The van der Waals surface area contributed by atoms with E-state index in [-0.39, 0.29) is 18.6 Å². The summed E-state index contributed by atoms with van der Waals surface area (Å²) < 4.78 is 0. The summed E-state index contributed by atoms with van der Waals surface area (Å²) in [5.41, 5.74) is 0.613. The SMILES string of the molecule is O=C(Nc1ccc(Cl)c(Cl)c1)N1CCC(CO)C1. The normalized spacial score (nSPS) is 19.1. The van der Waals surface area contributed by atoms with Crippen LogP contribution in [-0.4, -0.2) is 35.7 Å². The van der Waals surface area contributed by atoms with Crippen LogP contribution >= 0.6 is 23.2 Å². The van der Waals surface area contributed by atoms with Crippen molar-refractivity contribution in [2.24, 2.45) is 5.92 Å². The lowest BCUT2D eigenvalue weighted by molar-refractivity contribution is 0.209. The highest BCUT2D eigenvalue weighted by Gasteiger charge is 2.25. The van der Waals surface area contributed by atoms with Crippen LogP contribution in [0, 0.1) is 5.92 Å². The Kier molecular flexibility index (Phi) is 4.32. The predicted octanol–water partition coefficient (Wildman–Crippen LogP) is 2.84. The van der Waals surface area contributed by atoms with Gasteiger partial charge in [-0.15, -0.1) is 0 Å². The lowest BCUT2D eigenvalue weighted by atomic mass is 10.1. The fourth-order valence-electron chi connectivity index (χ4n) is 1.94. The molecule has 18 heavy (non-hydrogen) atoms. The number of carbonyl (C=O) groups is 1. The average Bonchev–Trinajstić information content (AvgIpc) is 2.82. The summed E-state index contributed by atoms with van der Waals surface area (Å²) in [5.74, 6) is 0.185. The number of likely N-dealkylation sites (tertiary alicyclic amines) is 1. The quantitative estimate of drug-likeness (QED) is 0.879. The van der Waals surface area contributed by atoms with Crippen LogP contribution in [0.25, 0.3) is 0 Å². The first-order valence-corrected chi connectivity index (χ1v) is 6.47. The second-order valence-electron chi connectivity index (χ2n) is 4.34. The molecule has 1 heterocycles.